The minimum Gasteiger partial charge on any atom is -0.459 e. The largest absolute Gasteiger partial charge is 0.459 e. The molecule has 76 valence electrons. The standard InChI is InChI=1S/C12H11NO2/c1-13-12(14)11-10(7-8-15-11)9-5-3-2-4-6-9/h2-8H,1H3,(H,13,14). The van der Waals surface area contributed by atoms with E-state index in [0.717, 1.165) is 11.1 Å². The summed E-state index contributed by atoms with van der Waals surface area (Å²) in [5.41, 5.74) is 1.79. The molecule has 1 amide bonds. The molecular weight excluding hydrogens is 190 g/mol. The first-order valence-corrected chi connectivity index (χ1v) is 4.68. The van der Waals surface area contributed by atoms with Gasteiger partial charge in [0, 0.05) is 12.6 Å². The van der Waals surface area contributed by atoms with Gasteiger partial charge in [-0.1, -0.05) is 30.3 Å². The topological polar surface area (TPSA) is 42.2 Å². The Morgan fingerprint density at radius 1 is 1.20 bits per heavy atom. The van der Waals surface area contributed by atoms with Crippen molar-refractivity contribution in [3.63, 3.8) is 0 Å². The molecule has 0 aliphatic rings. The van der Waals surface area contributed by atoms with Crippen molar-refractivity contribution in [1.82, 2.24) is 5.32 Å². The Morgan fingerprint density at radius 2 is 1.93 bits per heavy atom. The molecule has 3 heteroatoms. The Labute approximate surface area is 87.7 Å². The van der Waals surface area contributed by atoms with E-state index in [4.69, 9.17) is 4.42 Å². The normalized spacial score (nSPS) is 9.93. The molecule has 1 N–H and O–H groups in total. The van der Waals surface area contributed by atoms with Crippen molar-refractivity contribution >= 4 is 5.91 Å². The maximum Gasteiger partial charge on any atom is 0.287 e. The van der Waals surface area contributed by atoms with Gasteiger partial charge in [0.2, 0.25) is 0 Å². The number of carbonyl (C=O) groups is 1. The molecule has 1 heterocycles. The number of hydrogen-bond donors (Lipinski definition) is 1. The van der Waals surface area contributed by atoms with Crippen molar-refractivity contribution in [3.8, 4) is 11.1 Å². The second kappa shape index (κ2) is 4.00. The Balaban J connectivity index is 2.46. The average molecular weight is 201 g/mol. The van der Waals surface area contributed by atoms with Crippen LogP contribution in [0.4, 0.5) is 0 Å². The van der Waals surface area contributed by atoms with E-state index in [2.05, 4.69) is 5.32 Å². The molecule has 2 aromatic rings. The molecule has 0 aliphatic heterocycles. The number of hydrogen-bond acceptors (Lipinski definition) is 2. The fourth-order valence-corrected chi connectivity index (χ4v) is 1.44. The SMILES string of the molecule is CNC(=O)c1occc1-c1ccccc1. The van der Waals surface area contributed by atoms with Gasteiger partial charge in [-0.25, -0.2) is 0 Å². The zero-order valence-corrected chi connectivity index (χ0v) is 8.36. The average Bonchev–Trinajstić information content (AvgIpc) is 2.78. The fraction of sp³-hybridized carbons (Fsp3) is 0.0833. The Morgan fingerprint density at radius 3 is 2.60 bits per heavy atom. The molecular formula is C12H11NO2. The maximum absolute atomic E-state index is 11.5. The Kier molecular flexibility index (Phi) is 2.54. The minimum absolute atomic E-state index is 0.209. The van der Waals surface area contributed by atoms with Gasteiger partial charge < -0.3 is 9.73 Å². The van der Waals surface area contributed by atoms with Gasteiger partial charge in [0.1, 0.15) is 0 Å². The molecule has 1 aromatic heterocycles. The first kappa shape index (κ1) is 9.52. The highest BCUT2D eigenvalue weighted by molar-refractivity contribution is 5.97. The van der Waals surface area contributed by atoms with Crippen LogP contribution in [0.2, 0.25) is 0 Å². The van der Waals surface area contributed by atoms with Crippen LogP contribution in [-0.2, 0) is 0 Å². The summed E-state index contributed by atoms with van der Waals surface area (Å²) in [5.74, 6) is 0.141. The van der Waals surface area contributed by atoms with Crippen LogP contribution >= 0.6 is 0 Å². The molecule has 0 saturated heterocycles. The van der Waals surface area contributed by atoms with Crippen LogP contribution in [0.25, 0.3) is 11.1 Å². The van der Waals surface area contributed by atoms with Gasteiger partial charge in [0.05, 0.1) is 6.26 Å². The number of benzene rings is 1. The van der Waals surface area contributed by atoms with E-state index >= 15 is 0 Å². The number of nitrogens with one attached hydrogen (secondary N) is 1. The molecule has 0 spiro atoms. The lowest BCUT2D eigenvalue weighted by Gasteiger charge is -2.00. The molecule has 15 heavy (non-hydrogen) atoms. The summed E-state index contributed by atoms with van der Waals surface area (Å²) in [6.45, 7) is 0. The van der Waals surface area contributed by atoms with Crippen LogP contribution in [0.15, 0.2) is 47.1 Å². The van der Waals surface area contributed by atoms with Crippen molar-refractivity contribution in [2.45, 2.75) is 0 Å². The van der Waals surface area contributed by atoms with Gasteiger partial charge in [-0.3, -0.25) is 4.79 Å². The fourth-order valence-electron chi connectivity index (χ4n) is 1.44. The third-order valence-electron chi connectivity index (χ3n) is 2.18. The van der Waals surface area contributed by atoms with Crippen molar-refractivity contribution in [2.75, 3.05) is 7.05 Å². The summed E-state index contributed by atoms with van der Waals surface area (Å²) in [7, 11) is 1.58. The van der Waals surface area contributed by atoms with Gasteiger partial charge >= 0.3 is 0 Å². The highest BCUT2D eigenvalue weighted by Gasteiger charge is 2.14. The van der Waals surface area contributed by atoms with E-state index in [1.807, 2.05) is 30.3 Å². The molecule has 0 aliphatic carbocycles. The van der Waals surface area contributed by atoms with Gasteiger partial charge in [-0.05, 0) is 11.6 Å². The van der Waals surface area contributed by atoms with Gasteiger partial charge in [-0.15, -0.1) is 0 Å². The second-order valence-corrected chi connectivity index (χ2v) is 3.11. The predicted molar refractivity (Wildman–Crippen MR) is 57.5 cm³/mol. The van der Waals surface area contributed by atoms with Crippen LogP contribution in [0, 0.1) is 0 Å². The molecule has 0 atom stereocenters. The molecule has 0 saturated carbocycles. The minimum atomic E-state index is -0.209. The quantitative estimate of drug-likeness (QED) is 0.810. The lowest BCUT2D eigenvalue weighted by molar-refractivity contribution is 0.0936. The molecule has 0 radical (unpaired) electrons. The van der Waals surface area contributed by atoms with E-state index in [9.17, 15) is 4.79 Å². The Hall–Kier alpha value is -2.03. The summed E-state index contributed by atoms with van der Waals surface area (Å²) in [6.07, 6.45) is 1.52. The summed E-state index contributed by atoms with van der Waals surface area (Å²) in [6, 6.07) is 11.5. The van der Waals surface area contributed by atoms with E-state index in [1.165, 1.54) is 6.26 Å². The predicted octanol–water partition coefficient (Wildman–Crippen LogP) is 2.31. The first-order chi connectivity index (χ1) is 7.33. The maximum atomic E-state index is 11.5. The molecule has 0 unspecified atom stereocenters. The monoisotopic (exact) mass is 201 g/mol. The lowest BCUT2D eigenvalue weighted by Crippen LogP contribution is -2.17. The third-order valence-corrected chi connectivity index (χ3v) is 2.18. The number of rotatable bonds is 2. The van der Waals surface area contributed by atoms with Crippen LogP contribution in [0.1, 0.15) is 10.6 Å². The van der Waals surface area contributed by atoms with Crippen LogP contribution in [0.3, 0.4) is 0 Å². The lowest BCUT2D eigenvalue weighted by atomic mass is 10.1. The van der Waals surface area contributed by atoms with E-state index in [-0.39, 0.29) is 5.91 Å². The highest BCUT2D eigenvalue weighted by Crippen LogP contribution is 2.24. The number of amides is 1. The van der Waals surface area contributed by atoms with E-state index in [1.54, 1.807) is 13.1 Å². The number of furan rings is 1. The summed E-state index contributed by atoms with van der Waals surface area (Å²) in [4.78, 5) is 11.5. The van der Waals surface area contributed by atoms with Crippen molar-refractivity contribution in [1.29, 1.82) is 0 Å². The van der Waals surface area contributed by atoms with Crippen molar-refractivity contribution in [3.05, 3.63) is 48.4 Å². The smallest absolute Gasteiger partial charge is 0.287 e. The third kappa shape index (κ3) is 1.76. The van der Waals surface area contributed by atoms with Crippen LogP contribution < -0.4 is 5.32 Å². The van der Waals surface area contributed by atoms with Gasteiger partial charge in [0.25, 0.3) is 5.91 Å². The zero-order valence-electron chi connectivity index (χ0n) is 8.36. The molecule has 1 aromatic carbocycles. The van der Waals surface area contributed by atoms with E-state index < -0.39 is 0 Å². The molecule has 0 fully saturated rings. The summed E-state index contributed by atoms with van der Waals surface area (Å²) in [5, 5.41) is 2.54. The second-order valence-electron chi connectivity index (χ2n) is 3.11. The van der Waals surface area contributed by atoms with Crippen molar-refractivity contribution in [2.24, 2.45) is 0 Å². The highest BCUT2D eigenvalue weighted by atomic mass is 16.3. The zero-order chi connectivity index (χ0) is 10.7. The van der Waals surface area contributed by atoms with Crippen molar-refractivity contribution < 1.29 is 9.21 Å². The van der Waals surface area contributed by atoms with E-state index in [0.29, 0.717) is 5.76 Å². The summed E-state index contributed by atoms with van der Waals surface area (Å²) < 4.78 is 5.16. The molecule has 2 rings (SSSR count). The first-order valence-electron chi connectivity index (χ1n) is 4.68. The summed E-state index contributed by atoms with van der Waals surface area (Å²) >= 11 is 0. The molecule has 3 nitrogen and oxygen atoms in total. The molecule has 0 bridgehead atoms. The van der Waals surface area contributed by atoms with Crippen LogP contribution in [-0.4, -0.2) is 13.0 Å². The van der Waals surface area contributed by atoms with Gasteiger partial charge in [-0.2, -0.15) is 0 Å². The number of carbonyl (C=O) groups excluding carboxylic acids is 1. The van der Waals surface area contributed by atoms with Gasteiger partial charge in [0.15, 0.2) is 5.76 Å². The Bertz CT molecular complexity index is 459. The van der Waals surface area contributed by atoms with Crippen LogP contribution in [0.5, 0.6) is 0 Å².